The Morgan fingerprint density at radius 1 is 1.50 bits per heavy atom. The highest BCUT2D eigenvalue weighted by atomic mass is 79.9. The molecule has 2 atom stereocenters. The van der Waals surface area contributed by atoms with Crippen molar-refractivity contribution in [2.45, 2.75) is 21.4 Å². The van der Waals surface area contributed by atoms with Crippen molar-refractivity contribution in [3.8, 4) is 0 Å². The van der Waals surface area contributed by atoms with Gasteiger partial charge in [0.2, 0.25) is 0 Å². The lowest BCUT2D eigenvalue weighted by Gasteiger charge is -2.22. The van der Waals surface area contributed by atoms with E-state index in [4.69, 9.17) is 4.74 Å². The molecule has 0 bridgehead atoms. The van der Waals surface area contributed by atoms with Crippen molar-refractivity contribution in [1.82, 2.24) is 4.90 Å². The number of alkyl halides is 1. The van der Waals surface area contributed by atoms with Crippen LogP contribution in [0.15, 0.2) is 29.2 Å². The Labute approximate surface area is 122 Å². The van der Waals surface area contributed by atoms with E-state index in [0.717, 1.165) is 19.7 Å². The van der Waals surface area contributed by atoms with Crippen molar-refractivity contribution in [3.63, 3.8) is 0 Å². The predicted octanol–water partition coefficient (Wildman–Crippen LogP) is 3.05. The molecule has 2 nitrogen and oxygen atoms in total. The molecule has 0 amide bonds. The monoisotopic (exact) mass is 329 g/mol. The molecule has 1 heterocycles. The molecule has 1 aromatic rings. The smallest absolute Gasteiger partial charge is 0.0600 e. The van der Waals surface area contributed by atoms with Crippen molar-refractivity contribution in [3.05, 3.63) is 29.8 Å². The number of rotatable bonds is 6. The van der Waals surface area contributed by atoms with E-state index in [-0.39, 0.29) is 0 Å². The average molecular weight is 330 g/mol. The third-order valence-electron chi connectivity index (χ3n) is 3.09. The first-order chi connectivity index (χ1) is 8.69. The second-order valence-corrected chi connectivity index (χ2v) is 7.46. The maximum Gasteiger partial charge on any atom is 0.0600 e. The molecule has 100 valence electrons. The van der Waals surface area contributed by atoms with Crippen LogP contribution in [0.1, 0.15) is 5.56 Å². The number of ether oxygens (including phenoxy) is 1. The summed E-state index contributed by atoms with van der Waals surface area (Å²) in [6.45, 7) is 2.93. The number of benzene rings is 1. The molecule has 0 N–H and O–H groups in total. The fraction of sp³-hybridized carbons (Fsp3) is 0.571. The van der Waals surface area contributed by atoms with Gasteiger partial charge in [-0.1, -0.05) is 34.1 Å². The van der Waals surface area contributed by atoms with Crippen LogP contribution in [0, 0.1) is 0 Å². The van der Waals surface area contributed by atoms with Gasteiger partial charge in [-0.2, -0.15) is 0 Å². The molecule has 1 aliphatic rings. The van der Waals surface area contributed by atoms with Crippen molar-refractivity contribution >= 4 is 27.7 Å². The number of methoxy groups -OCH3 is 1. The highest BCUT2D eigenvalue weighted by molar-refractivity contribution is 9.09. The van der Waals surface area contributed by atoms with Crippen LogP contribution in [0.2, 0.25) is 0 Å². The molecule has 0 fully saturated rings. The summed E-state index contributed by atoms with van der Waals surface area (Å²) in [6, 6.07) is 8.75. The topological polar surface area (TPSA) is 12.5 Å². The Morgan fingerprint density at radius 2 is 2.28 bits per heavy atom. The minimum atomic E-state index is 0.418. The zero-order chi connectivity index (χ0) is 13.0. The van der Waals surface area contributed by atoms with Gasteiger partial charge < -0.3 is 9.64 Å². The van der Waals surface area contributed by atoms with Crippen LogP contribution in [-0.2, 0) is 11.2 Å². The van der Waals surface area contributed by atoms with E-state index in [1.54, 1.807) is 7.11 Å². The largest absolute Gasteiger partial charge is 0.383 e. The van der Waals surface area contributed by atoms with Gasteiger partial charge in [0.05, 0.1) is 11.4 Å². The molecule has 1 aromatic carbocycles. The molecule has 2 rings (SSSR count). The zero-order valence-corrected chi connectivity index (χ0v) is 13.3. The van der Waals surface area contributed by atoms with Gasteiger partial charge >= 0.3 is 0 Å². The molecule has 0 aliphatic carbocycles. The van der Waals surface area contributed by atoms with E-state index in [0.29, 0.717) is 10.1 Å². The summed E-state index contributed by atoms with van der Waals surface area (Å²) in [5.41, 5.74) is 1.51. The van der Waals surface area contributed by atoms with Crippen molar-refractivity contribution in [2.24, 2.45) is 0 Å². The molecule has 0 saturated carbocycles. The third kappa shape index (κ3) is 3.98. The van der Waals surface area contributed by atoms with Gasteiger partial charge in [-0.05, 0) is 25.1 Å². The first kappa shape index (κ1) is 14.4. The Balaban J connectivity index is 1.79. The van der Waals surface area contributed by atoms with Crippen molar-refractivity contribution in [1.29, 1.82) is 0 Å². The summed E-state index contributed by atoms with van der Waals surface area (Å²) in [4.78, 5) is 4.27. The van der Waals surface area contributed by atoms with E-state index in [2.05, 4.69) is 52.1 Å². The number of thioether (sulfide) groups is 1. The van der Waals surface area contributed by atoms with Crippen molar-refractivity contribution < 1.29 is 4.74 Å². The number of fused-ring (bicyclic) bond motifs is 1. The fourth-order valence-corrected chi connectivity index (χ4v) is 4.52. The summed E-state index contributed by atoms with van der Waals surface area (Å²) < 4.78 is 5.15. The van der Waals surface area contributed by atoms with E-state index >= 15 is 0 Å². The van der Waals surface area contributed by atoms with Gasteiger partial charge in [0.1, 0.15) is 0 Å². The van der Waals surface area contributed by atoms with Crippen LogP contribution in [0.5, 0.6) is 0 Å². The number of halogens is 1. The van der Waals surface area contributed by atoms with E-state index in [1.807, 2.05) is 11.8 Å². The van der Waals surface area contributed by atoms with Crippen LogP contribution in [0.25, 0.3) is 0 Å². The minimum Gasteiger partial charge on any atom is -0.383 e. The van der Waals surface area contributed by atoms with Gasteiger partial charge in [0, 0.05) is 30.3 Å². The lowest BCUT2D eigenvalue weighted by Crippen LogP contribution is -2.33. The number of hydrogen-bond acceptors (Lipinski definition) is 3. The second kappa shape index (κ2) is 6.94. The molecule has 0 spiro atoms. The van der Waals surface area contributed by atoms with E-state index in [1.165, 1.54) is 16.9 Å². The van der Waals surface area contributed by atoms with Gasteiger partial charge in [0.25, 0.3) is 0 Å². The highest BCUT2D eigenvalue weighted by Crippen LogP contribution is 2.36. The second-order valence-electron chi connectivity index (χ2n) is 4.83. The Hall–Kier alpha value is -0.0300. The Bertz CT molecular complexity index is 363. The predicted molar refractivity (Wildman–Crippen MR) is 81.9 cm³/mol. The quantitative estimate of drug-likeness (QED) is 0.744. The van der Waals surface area contributed by atoms with Crippen LogP contribution in [0.3, 0.4) is 0 Å². The van der Waals surface area contributed by atoms with Crippen LogP contribution in [0.4, 0.5) is 0 Å². The van der Waals surface area contributed by atoms with Crippen LogP contribution in [-0.4, -0.2) is 48.8 Å². The van der Waals surface area contributed by atoms with Crippen LogP contribution < -0.4 is 0 Å². The van der Waals surface area contributed by atoms with Gasteiger partial charge in [-0.15, -0.1) is 11.8 Å². The Morgan fingerprint density at radius 3 is 3.00 bits per heavy atom. The SMILES string of the molecule is COCC(Br)CN(C)CC1Cc2ccccc2S1. The zero-order valence-electron chi connectivity index (χ0n) is 10.9. The molecular weight excluding hydrogens is 310 g/mol. The molecule has 2 unspecified atom stereocenters. The summed E-state index contributed by atoms with van der Waals surface area (Å²) in [6.07, 6.45) is 1.20. The maximum atomic E-state index is 5.15. The molecule has 0 saturated heterocycles. The lowest BCUT2D eigenvalue weighted by atomic mass is 10.1. The van der Waals surface area contributed by atoms with Crippen molar-refractivity contribution in [2.75, 3.05) is 33.9 Å². The molecular formula is C14H20BrNOS. The van der Waals surface area contributed by atoms with Crippen LogP contribution >= 0.6 is 27.7 Å². The summed E-state index contributed by atoms with van der Waals surface area (Å²) >= 11 is 5.66. The van der Waals surface area contributed by atoms with E-state index < -0.39 is 0 Å². The molecule has 1 aliphatic heterocycles. The van der Waals surface area contributed by atoms with E-state index in [9.17, 15) is 0 Å². The average Bonchev–Trinajstić information content (AvgIpc) is 2.70. The first-order valence-electron chi connectivity index (χ1n) is 6.25. The summed E-state index contributed by atoms with van der Waals surface area (Å²) in [5, 5.41) is 0.689. The highest BCUT2D eigenvalue weighted by Gasteiger charge is 2.23. The molecule has 18 heavy (non-hydrogen) atoms. The Kier molecular flexibility index (Phi) is 5.55. The molecule has 0 radical (unpaired) electrons. The summed E-state index contributed by atoms with van der Waals surface area (Å²) in [5.74, 6) is 0. The third-order valence-corrected chi connectivity index (χ3v) is 4.94. The summed E-state index contributed by atoms with van der Waals surface area (Å²) in [7, 11) is 3.94. The molecule has 4 heteroatoms. The number of hydrogen-bond donors (Lipinski definition) is 0. The fourth-order valence-electron chi connectivity index (χ4n) is 2.35. The first-order valence-corrected chi connectivity index (χ1v) is 8.04. The maximum absolute atomic E-state index is 5.15. The normalized spacial score (nSPS) is 20.1. The van der Waals surface area contributed by atoms with Gasteiger partial charge in [0.15, 0.2) is 0 Å². The lowest BCUT2D eigenvalue weighted by molar-refractivity contribution is 0.186. The molecule has 0 aromatic heterocycles. The van der Waals surface area contributed by atoms with Gasteiger partial charge in [-0.25, -0.2) is 0 Å². The standard InChI is InChI=1S/C14H20BrNOS/c1-16(8-12(15)10-17-2)9-13-7-11-5-3-4-6-14(11)18-13/h3-6,12-13H,7-10H2,1-2H3. The van der Waals surface area contributed by atoms with Gasteiger partial charge in [-0.3, -0.25) is 0 Å². The minimum absolute atomic E-state index is 0.418. The number of nitrogens with zero attached hydrogens (tertiary/aromatic N) is 1.